The maximum Gasteiger partial charge on any atom is 0.406 e. The summed E-state index contributed by atoms with van der Waals surface area (Å²) < 4.78 is 38.2. The van der Waals surface area contributed by atoms with Crippen LogP contribution in [0.5, 0.6) is 0 Å². The van der Waals surface area contributed by atoms with Crippen LogP contribution in [0.4, 0.5) is 13.2 Å². The van der Waals surface area contributed by atoms with Crippen LogP contribution in [0.15, 0.2) is 5.38 Å². The van der Waals surface area contributed by atoms with Crippen molar-refractivity contribution in [2.24, 2.45) is 11.7 Å². The van der Waals surface area contributed by atoms with Gasteiger partial charge < -0.3 is 10.6 Å². The smallest absolute Gasteiger partial charge is 0.325 e. The molecule has 2 N–H and O–H groups in total. The second-order valence-electron chi connectivity index (χ2n) is 5.49. The number of nitrogens with zero attached hydrogens (tertiary/aromatic N) is 2. The molecule has 1 aliphatic rings. The molecule has 1 amide bonds. The van der Waals surface area contributed by atoms with Crippen molar-refractivity contribution in [1.29, 1.82) is 0 Å². The summed E-state index contributed by atoms with van der Waals surface area (Å²) in [7, 11) is 0. The average Bonchev–Trinajstić information content (AvgIpc) is 3.10. The maximum atomic E-state index is 12.7. The molecule has 4 nitrogen and oxygen atoms in total. The van der Waals surface area contributed by atoms with Gasteiger partial charge in [0.2, 0.25) is 0 Å². The van der Waals surface area contributed by atoms with E-state index in [2.05, 4.69) is 4.98 Å². The van der Waals surface area contributed by atoms with Crippen LogP contribution in [0.3, 0.4) is 0 Å². The molecular formula is C13H18F3N3OS. The third-order valence-corrected chi connectivity index (χ3v) is 4.58. The Morgan fingerprint density at radius 2 is 2.14 bits per heavy atom. The number of amides is 1. The second-order valence-corrected chi connectivity index (χ2v) is 6.38. The van der Waals surface area contributed by atoms with Gasteiger partial charge in [-0.1, -0.05) is 0 Å². The predicted molar refractivity (Wildman–Crippen MR) is 74.0 cm³/mol. The lowest BCUT2D eigenvalue weighted by Crippen LogP contribution is -2.45. The number of rotatable bonds is 5. The first-order valence-corrected chi connectivity index (χ1v) is 7.65. The van der Waals surface area contributed by atoms with Gasteiger partial charge in [-0.3, -0.25) is 4.79 Å². The molecular weight excluding hydrogens is 303 g/mol. The lowest BCUT2D eigenvalue weighted by molar-refractivity contribution is -0.144. The summed E-state index contributed by atoms with van der Waals surface area (Å²) in [4.78, 5) is 17.3. The summed E-state index contributed by atoms with van der Waals surface area (Å²) in [5.41, 5.74) is 5.71. The van der Waals surface area contributed by atoms with Crippen molar-refractivity contribution in [1.82, 2.24) is 9.88 Å². The van der Waals surface area contributed by atoms with Gasteiger partial charge in [0.1, 0.15) is 17.2 Å². The van der Waals surface area contributed by atoms with Crippen molar-refractivity contribution in [3.8, 4) is 0 Å². The van der Waals surface area contributed by atoms with Crippen LogP contribution in [0.2, 0.25) is 0 Å². The van der Waals surface area contributed by atoms with E-state index in [1.165, 1.54) is 16.7 Å². The highest BCUT2D eigenvalue weighted by Crippen LogP contribution is 2.36. The molecule has 1 aliphatic carbocycles. The van der Waals surface area contributed by atoms with Crippen LogP contribution >= 0.6 is 11.3 Å². The Kier molecular flexibility index (Phi) is 4.57. The number of alkyl halides is 3. The molecule has 1 saturated carbocycles. The molecule has 1 aromatic heterocycles. The van der Waals surface area contributed by atoms with Crippen LogP contribution in [0.25, 0.3) is 0 Å². The Balaban J connectivity index is 2.19. The molecule has 21 heavy (non-hydrogen) atoms. The lowest BCUT2D eigenvalue weighted by Gasteiger charge is -2.29. The molecule has 8 heteroatoms. The Morgan fingerprint density at radius 3 is 2.57 bits per heavy atom. The number of carbonyl (C=O) groups is 1. The van der Waals surface area contributed by atoms with Crippen molar-refractivity contribution < 1.29 is 18.0 Å². The SMILES string of the molecule is CC(N)c1nc(C(=O)N(CC(F)(F)F)C(C)C2CC2)cs1. The molecule has 1 fully saturated rings. The van der Waals surface area contributed by atoms with Crippen LogP contribution in [-0.4, -0.2) is 34.6 Å². The van der Waals surface area contributed by atoms with Crippen molar-refractivity contribution in [2.45, 2.75) is 44.9 Å². The number of aromatic nitrogens is 1. The topological polar surface area (TPSA) is 59.2 Å². The molecule has 0 spiro atoms. The molecule has 2 atom stereocenters. The van der Waals surface area contributed by atoms with Gasteiger partial charge in [-0.15, -0.1) is 11.3 Å². The molecule has 0 bridgehead atoms. The van der Waals surface area contributed by atoms with E-state index in [1.54, 1.807) is 13.8 Å². The highest BCUT2D eigenvalue weighted by atomic mass is 32.1. The Bertz CT molecular complexity index is 511. The zero-order valence-electron chi connectivity index (χ0n) is 11.9. The van der Waals surface area contributed by atoms with E-state index in [4.69, 9.17) is 5.73 Å². The number of hydrogen-bond donors (Lipinski definition) is 1. The normalized spacial score (nSPS) is 18.4. The van der Waals surface area contributed by atoms with Crippen molar-refractivity contribution in [3.05, 3.63) is 16.1 Å². The Labute approximate surface area is 125 Å². The third-order valence-electron chi connectivity index (χ3n) is 3.54. The fourth-order valence-corrected chi connectivity index (χ4v) is 2.92. The molecule has 0 radical (unpaired) electrons. The van der Waals surface area contributed by atoms with E-state index in [9.17, 15) is 18.0 Å². The Hall–Kier alpha value is -1.15. The minimum atomic E-state index is -4.42. The number of halogens is 3. The third kappa shape index (κ3) is 4.16. The van der Waals surface area contributed by atoms with Crippen LogP contribution < -0.4 is 5.73 Å². The summed E-state index contributed by atoms with van der Waals surface area (Å²) in [6.45, 7) is 2.14. The standard InChI is InChI=1S/C13H18F3N3OS/c1-7(17)11-18-10(5-21-11)12(20)19(6-13(14,15)16)8(2)9-3-4-9/h5,7-9H,3-4,6,17H2,1-2H3. The summed E-state index contributed by atoms with van der Waals surface area (Å²) in [5.74, 6) is -0.516. The van der Waals surface area contributed by atoms with E-state index in [-0.39, 0.29) is 17.7 Å². The quantitative estimate of drug-likeness (QED) is 0.907. The van der Waals surface area contributed by atoms with E-state index in [0.717, 1.165) is 17.7 Å². The summed E-state index contributed by atoms with van der Waals surface area (Å²) >= 11 is 1.19. The number of carbonyl (C=O) groups excluding carboxylic acids is 1. The second kappa shape index (κ2) is 5.92. The van der Waals surface area contributed by atoms with Crippen molar-refractivity contribution in [3.63, 3.8) is 0 Å². The molecule has 2 rings (SSSR count). The largest absolute Gasteiger partial charge is 0.406 e. The summed E-state index contributed by atoms with van der Waals surface area (Å²) in [6, 6.07) is -0.770. The molecule has 2 unspecified atom stereocenters. The first kappa shape index (κ1) is 16.2. The van der Waals surface area contributed by atoms with Crippen molar-refractivity contribution in [2.75, 3.05) is 6.54 Å². The molecule has 0 aliphatic heterocycles. The first-order chi connectivity index (χ1) is 9.69. The van der Waals surface area contributed by atoms with Crippen molar-refractivity contribution >= 4 is 17.2 Å². The fraction of sp³-hybridized carbons (Fsp3) is 0.692. The van der Waals surface area contributed by atoms with E-state index < -0.39 is 24.7 Å². The zero-order valence-corrected chi connectivity index (χ0v) is 12.7. The molecule has 0 saturated heterocycles. The number of hydrogen-bond acceptors (Lipinski definition) is 4. The van der Waals surface area contributed by atoms with Gasteiger partial charge in [-0.2, -0.15) is 13.2 Å². The minimum Gasteiger partial charge on any atom is -0.325 e. The van der Waals surface area contributed by atoms with Gasteiger partial charge in [0.25, 0.3) is 5.91 Å². The fourth-order valence-electron chi connectivity index (χ4n) is 2.17. The molecule has 0 aromatic carbocycles. The van der Waals surface area contributed by atoms with E-state index >= 15 is 0 Å². The number of nitrogens with two attached hydrogens (primary N) is 1. The van der Waals surface area contributed by atoms with Gasteiger partial charge in [0, 0.05) is 11.4 Å². The van der Waals surface area contributed by atoms with Crippen LogP contribution in [-0.2, 0) is 0 Å². The monoisotopic (exact) mass is 321 g/mol. The minimum absolute atomic E-state index is 0.0454. The molecule has 118 valence electrons. The van der Waals surface area contributed by atoms with Crippen LogP contribution in [0, 0.1) is 5.92 Å². The van der Waals surface area contributed by atoms with Gasteiger partial charge in [0.15, 0.2) is 0 Å². The van der Waals surface area contributed by atoms with E-state index in [0.29, 0.717) is 5.01 Å². The van der Waals surface area contributed by atoms with Crippen LogP contribution in [0.1, 0.15) is 48.2 Å². The molecule has 1 heterocycles. The first-order valence-electron chi connectivity index (χ1n) is 6.77. The highest BCUT2D eigenvalue weighted by Gasteiger charge is 2.41. The number of thiazole rings is 1. The Morgan fingerprint density at radius 1 is 1.52 bits per heavy atom. The van der Waals surface area contributed by atoms with Gasteiger partial charge in [-0.25, -0.2) is 4.98 Å². The van der Waals surface area contributed by atoms with Gasteiger partial charge in [0.05, 0.1) is 6.04 Å². The van der Waals surface area contributed by atoms with Gasteiger partial charge >= 0.3 is 6.18 Å². The highest BCUT2D eigenvalue weighted by molar-refractivity contribution is 7.09. The molecule has 1 aromatic rings. The van der Waals surface area contributed by atoms with E-state index in [1.807, 2.05) is 0 Å². The summed E-state index contributed by atoms with van der Waals surface area (Å²) in [5, 5.41) is 2.02. The lowest BCUT2D eigenvalue weighted by atomic mass is 10.1. The summed E-state index contributed by atoms with van der Waals surface area (Å²) in [6.07, 6.45) is -2.69. The average molecular weight is 321 g/mol. The zero-order chi connectivity index (χ0) is 15.8. The van der Waals surface area contributed by atoms with Gasteiger partial charge in [-0.05, 0) is 32.6 Å². The predicted octanol–water partition coefficient (Wildman–Crippen LogP) is 2.97. The maximum absolute atomic E-state index is 12.7.